The van der Waals surface area contributed by atoms with Gasteiger partial charge in [-0.2, -0.15) is 6.92 Å². The Morgan fingerprint density at radius 3 is 1.35 bits per heavy atom. The first-order chi connectivity index (χ1) is 16.7. The largest absolute Gasteiger partial charge is 0.553 e. The van der Waals surface area contributed by atoms with Gasteiger partial charge in [-0.05, 0) is 25.7 Å². The average Bonchev–Trinajstić information content (AvgIpc) is 2.81. The average molecular weight is 1050 g/mol. The molecule has 0 fully saturated rings. The van der Waals surface area contributed by atoms with Crippen LogP contribution in [0.1, 0.15) is 46.5 Å². The third-order valence-electron chi connectivity index (χ3n) is 4.11. The molecule has 0 aliphatic carbocycles. The predicted molar refractivity (Wildman–Crippen MR) is 135 cm³/mol. The van der Waals surface area contributed by atoms with E-state index in [4.69, 9.17) is 24.4 Å². The van der Waals surface area contributed by atoms with Crippen LogP contribution in [-0.4, -0.2) is 105 Å². The van der Waals surface area contributed by atoms with Gasteiger partial charge in [0.1, 0.15) is 0 Å². The Bertz CT molecular complexity index is 372. The molecule has 12 heteroatoms. The van der Waals surface area contributed by atoms with E-state index in [1.165, 1.54) is 0 Å². The summed E-state index contributed by atoms with van der Waals surface area (Å²) in [5.74, 6) is 0. The van der Waals surface area contributed by atoms with E-state index in [1.54, 1.807) is 6.92 Å². The zero-order chi connectivity index (χ0) is 27.4. The topological polar surface area (TPSA) is 136 Å². The zero-order valence-corrected chi connectivity index (χ0v) is 36.4. The van der Waals surface area contributed by atoms with Gasteiger partial charge in [0.05, 0.1) is 51.3 Å². The predicted octanol–water partition coefficient (Wildman–Crippen LogP) is 1.95. The molecular weight excluding hydrogens is 994 g/mol. The van der Waals surface area contributed by atoms with Crippen molar-refractivity contribution >= 4 is 0 Å². The summed E-state index contributed by atoms with van der Waals surface area (Å²) in [5, 5.41) is 36.1. The molecule has 0 radical (unpaired) electrons. The molecule has 3 atom stereocenters. The molecule has 0 aliphatic heterocycles. The first-order valence-corrected chi connectivity index (χ1v) is 11.9. The molecule has 0 aromatic rings. The standard InChI is InChI=1S/C17H34O6.C6H13O4.C2H5.2Rf/c1-17(2,13-22-9-5-7-15(18)11-20-3)14-23-10-6-8-16(19)12-21-4;1-9-4-6(8)5-10-3-2-7;1-2;;/h15-16,18-19H,3-14H2,1-2H3;6-8H,1-5H2;1H2,2H3;;/q-2;2*-1;;. The molecule has 10 nitrogen and oxygen atoms in total. The summed E-state index contributed by atoms with van der Waals surface area (Å²) in [6.07, 6.45) is 1.26. The van der Waals surface area contributed by atoms with E-state index >= 15 is 0 Å². The fourth-order valence-corrected chi connectivity index (χ4v) is 2.49. The summed E-state index contributed by atoms with van der Waals surface area (Å²) in [6, 6.07) is 0. The van der Waals surface area contributed by atoms with Crippen molar-refractivity contribution in [3.63, 3.8) is 0 Å². The van der Waals surface area contributed by atoms with E-state index in [2.05, 4.69) is 56.3 Å². The minimum absolute atomic E-state index is 0. The van der Waals surface area contributed by atoms with Crippen LogP contribution in [0.3, 0.4) is 0 Å². The van der Waals surface area contributed by atoms with Crippen molar-refractivity contribution in [2.24, 2.45) is 5.41 Å². The quantitative estimate of drug-likeness (QED) is 0.0943. The molecular formula is C25H52O10Rf2-4. The number of rotatable bonds is 22. The van der Waals surface area contributed by atoms with Crippen LogP contribution in [0.15, 0.2) is 0 Å². The van der Waals surface area contributed by atoms with Crippen molar-refractivity contribution in [1.82, 2.24) is 0 Å². The second-order valence-electron chi connectivity index (χ2n) is 8.43. The normalized spacial score (nSPS) is 13.1. The molecule has 0 aromatic carbocycles. The van der Waals surface area contributed by atoms with E-state index in [0.717, 1.165) is 12.8 Å². The third kappa shape index (κ3) is 38.3. The SMILES string of the molecule is [CH2-]C.[CH2-]OCC(O)CCCOCC(C)(C)COCCCC(O)CO[CH2-].[CH2-]OCC(O)COCCO.[Rf].[Rf]. The molecule has 4 N–H and O–H groups in total. The monoisotopic (exact) mass is 1050 g/mol. The van der Waals surface area contributed by atoms with Crippen LogP contribution in [0.25, 0.3) is 0 Å². The second kappa shape index (κ2) is 33.6. The van der Waals surface area contributed by atoms with Gasteiger partial charge < -0.3 is 55.8 Å². The Hall–Kier alpha value is -2.40. The van der Waals surface area contributed by atoms with Gasteiger partial charge in [0.15, 0.2) is 0 Å². The maximum atomic E-state index is 9.48. The van der Waals surface area contributed by atoms with Crippen molar-refractivity contribution < 1.29 is 48.8 Å². The minimum atomic E-state index is -0.649. The summed E-state index contributed by atoms with van der Waals surface area (Å²) >= 11 is 0. The van der Waals surface area contributed by atoms with Gasteiger partial charge >= 0.3 is 0 Å². The van der Waals surface area contributed by atoms with Crippen molar-refractivity contribution in [2.45, 2.75) is 64.8 Å². The number of aliphatic hydroxyl groups excluding tert-OH is 4. The second-order valence-corrected chi connectivity index (χ2v) is 8.43. The Morgan fingerprint density at radius 2 is 1.00 bits per heavy atom. The zero-order valence-electron chi connectivity index (χ0n) is 23.6. The van der Waals surface area contributed by atoms with Crippen molar-refractivity contribution in [3.8, 4) is 0 Å². The van der Waals surface area contributed by atoms with E-state index < -0.39 is 18.3 Å². The van der Waals surface area contributed by atoms with Crippen LogP contribution < -0.4 is 0 Å². The van der Waals surface area contributed by atoms with Crippen LogP contribution in [0, 0.1) is 33.7 Å². The Morgan fingerprint density at radius 1 is 0.622 bits per heavy atom. The van der Waals surface area contributed by atoms with Crippen molar-refractivity contribution in [1.29, 1.82) is 0 Å². The van der Waals surface area contributed by atoms with E-state index in [1.807, 2.05) is 0 Å². The molecule has 0 heterocycles. The first kappa shape index (κ1) is 44.6. The Labute approximate surface area is 213 Å². The maximum Gasteiger partial charge on any atom is 0.0976 e. The smallest absolute Gasteiger partial charge is 0.0976 e. The summed E-state index contributed by atoms with van der Waals surface area (Å²) in [4.78, 5) is 0. The number of aliphatic hydroxyl groups is 4. The molecule has 0 saturated heterocycles. The third-order valence-corrected chi connectivity index (χ3v) is 4.11. The van der Waals surface area contributed by atoms with Crippen LogP contribution in [0.5, 0.6) is 0 Å². The maximum absolute atomic E-state index is 9.48. The van der Waals surface area contributed by atoms with Gasteiger partial charge in [0, 0.05) is 38.4 Å². The molecule has 220 valence electrons. The molecule has 0 saturated carbocycles. The van der Waals surface area contributed by atoms with E-state index in [-0.39, 0.29) is 45.1 Å². The summed E-state index contributed by atoms with van der Waals surface area (Å²) < 4.78 is 29.7. The van der Waals surface area contributed by atoms with Crippen molar-refractivity contribution in [2.75, 3.05) is 66.1 Å². The van der Waals surface area contributed by atoms with Gasteiger partial charge in [0.2, 0.25) is 0 Å². The molecule has 0 aliphatic rings. The molecule has 37 heavy (non-hydrogen) atoms. The van der Waals surface area contributed by atoms with E-state index in [0.29, 0.717) is 39.3 Å². The Kier molecular flexibility index (Phi) is 40.5. The van der Waals surface area contributed by atoms with Crippen LogP contribution in [-0.2, 0) is 28.4 Å². The first-order valence-electron chi connectivity index (χ1n) is 11.9. The van der Waals surface area contributed by atoms with Crippen LogP contribution in [0.2, 0.25) is 0 Å². The molecule has 0 spiro atoms. The van der Waals surface area contributed by atoms with Gasteiger partial charge in [-0.1, -0.05) is 13.8 Å². The summed E-state index contributed by atoms with van der Waals surface area (Å²) in [6.45, 7) is 12.7. The van der Waals surface area contributed by atoms with E-state index in [9.17, 15) is 10.2 Å². The fraction of sp³-hybridized carbons (Fsp3) is 0.840. The minimum Gasteiger partial charge on any atom is -0.553 e. The summed E-state index contributed by atoms with van der Waals surface area (Å²) in [7, 11) is 9.56. The van der Waals surface area contributed by atoms with Gasteiger partial charge in [-0.3, -0.25) is 0 Å². The number of ether oxygens (including phenoxy) is 6. The fourth-order valence-electron chi connectivity index (χ4n) is 2.49. The van der Waals surface area contributed by atoms with Crippen LogP contribution >= 0.6 is 0 Å². The van der Waals surface area contributed by atoms with Gasteiger partial charge in [-0.25, -0.2) is 21.3 Å². The van der Waals surface area contributed by atoms with Gasteiger partial charge in [-0.15, -0.1) is 0 Å². The molecule has 3 unspecified atom stereocenters. The molecule has 0 amide bonds. The van der Waals surface area contributed by atoms with Crippen LogP contribution in [0.4, 0.5) is 0 Å². The van der Waals surface area contributed by atoms with Gasteiger partial charge in [0.25, 0.3) is 0 Å². The Balaban J connectivity index is -0.000000206. The molecule has 0 rings (SSSR count). The summed E-state index contributed by atoms with van der Waals surface area (Å²) in [5.41, 5.74) is -0.0653. The number of hydrogen-bond donors (Lipinski definition) is 4. The van der Waals surface area contributed by atoms with Crippen molar-refractivity contribution in [3.05, 3.63) is 28.3 Å². The molecule has 0 bridgehead atoms. The number of hydrogen-bond acceptors (Lipinski definition) is 10. The molecule has 0 aromatic heterocycles.